The molecule has 1 aromatic rings. The molecule has 2 heterocycles. The molecule has 2 fully saturated rings. The SMILES string of the molecule is C[C@@H](OC(=O)C1CCN(C(=O)c2cccs2)CC1)C(=O)NC1CC1. The number of piperidine rings is 1. The van der Waals surface area contributed by atoms with E-state index in [1.807, 2.05) is 17.5 Å². The number of rotatable bonds is 5. The first kappa shape index (κ1) is 17.0. The number of nitrogens with one attached hydrogen (secondary N) is 1. The van der Waals surface area contributed by atoms with Gasteiger partial charge in [0.05, 0.1) is 10.8 Å². The van der Waals surface area contributed by atoms with Crippen LogP contribution < -0.4 is 5.32 Å². The Balaban J connectivity index is 1.44. The molecule has 3 rings (SSSR count). The van der Waals surface area contributed by atoms with Gasteiger partial charge >= 0.3 is 5.97 Å². The van der Waals surface area contributed by atoms with Crippen molar-refractivity contribution in [3.8, 4) is 0 Å². The van der Waals surface area contributed by atoms with Crippen molar-refractivity contribution in [3.63, 3.8) is 0 Å². The predicted molar refractivity (Wildman–Crippen MR) is 89.7 cm³/mol. The van der Waals surface area contributed by atoms with Crippen LogP contribution in [-0.2, 0) is 14.3 Å². The summed E-state index contributed by atoms with van der Waals surface area (Å²) in [6.45, 7) is 2.68. The van der Waals surface area contributed by atoms with Gasteiger partial charge < -0.3 is 15.0 Å². The fourth-order valence-electron chi connectivity index (χ4n) is 2.74. The van der Waals surface area contributed by atoms with E-state index in [1.54, 1.807) is 11.8 Å². The molecule has 7 heteroatoms. The fourth-order valence-corrected chi connectivity index (χ4v) is 3.44. The second kappa shape index (κ2) is 7.34. The van der Waals surface area contributed by atoms with Crippen LogP contribution in [0.2, 0.25) is 0 Å². The minimum Gasteiger partial charge on any atom is -0.452 e. The normalized spacial score (nSPS) is 19.6. The molecule has 0 bridgehead atoms. The molecule has 130 valence electrons. The maximum Gasteiger partial charge on any atom is 0.309 e. The molecule has 24 heavy (non-hydrogen) atoms. The quantitative estimate of drug-likeness (QED) is 0.822. The lowest BCUT2D eigenvalue weighted by atomic mass is 9.97. The maximum atomic E-state index is 12.3. The standard InChI is InChI=1S/C17H22N2O4S/c1-11(15(20)18-13-4-5-13)23-17(22)12-6-8-19(9-7-12)16(21)14-3-2-10-24-14/h2-3,10-13H,4-9H2,1H3,(H,18,20)/t11-/m1/s1. The Bertz CT molecular complexity index is 604. The van der Waals surface area contributed by atoms with Gasteiger partial charge in [0.2, 0.25) is 0 Å². The zero-order valence-electron chi connectivity index (χ0n) is 13.7. The molecule has 1 saturated carbocycles. The number of ether oxygens (including phenoxy) is 1. The first-order valence-electron chi connectivity index (χ1n) is 8.38. The molecule has 1 atom stereocenters. The number of amides is 2. The molecule has 0 unspecified atom stereocenters. The molecule has 0 spiro atoms. The first-order valence-corrected chi connectivity index (χ1v) is 9.26. The summed E-state index contributed by atoms with van der Waals surface area (Å²) in [7, 11) is 0. The van der Waals surface area contributed by atoms with Gasteiger partial charge in [-0.05, 0) is 44.1 Å². The lowest BCUT2D eigenvalue weighted by Gasteiger charge is -2.31. The summed E-state index contributed by atoms with van der Waals surface area (Å²) in [5.74, 6) is -0.782. The predicted octanol–water partition coefficient (Wildman–Crippen LogP) is 1.81. The van der Waals surface area contributed by atoms with Gasteiger partial charge in [0.25, 0.3) is 11.8 Å². The van der Waals surface area contributed by atoms with Gasteiger partial charge in [-0.1, -0.05) is 6.07 Å². The molecule has 1 aliphatic heterocycles. The molecule has 1 aromatic heterocycles. The van der Waals surface area contributed by atoms with Gasteiger partial charge in [-0.2, -0.15) is 0 Å². The number of carbonyl (C=O) groups excluding carboxylic acids is 3. The van der Waals surface area contributed by atoms with Crippen molar-refractivity contribution in [3.05, 3.63) is 22.4 Å². The Morgan fingerprint density at radius 3 is 2.54 bits per heavy atom. The van der Waals surface area contributed by atoms with Gasteiger partial charge in [-0.15, -0.1) is 11.3 Å². The maximum absolute atomic E-state index is 12.3. The number of thiophene rings is 1. The highest BCUT2D eigenvalue weighted by Gasteiger charge is 2.32. The van der Waals surface area contributed by atoms with Crippen molar-refractivity contribution >= 4 is 29.1 Å². The molecular formula is C17H22N2O4S. The third kappa shape index (κ3) is 4.14. The minimum absolute atomic E-state index is 0.0222. The topological polar surface area (TPSA) is 75.7 Å². The molecule has 2 aliphatic rings. The van der Waals surface area contributed by atoms with E-state index < -0.39 is 6.10 Å². The van der Waals surface area contributed by atoms with Crippen LogP contribution in [0.15, 0.2) is 17.5 Å². The first-order chi connectivity index (χ1) is 11.5. The van der Waals surface area contributed by atoms with Crippen LogP contribution in [-0.4, -0.2) is 47.9 Å². The zero-order chi connectivity index (χ0) is 17.1. The van der Waals surface area contributed by atoms with Crippen molar-refractivity contribution in [1.29, 1.82) is 0 Å². The summed E-state index contributed by atoms with van der Waals surface area (Å²) < 4.78 is 5.30. The van der Waals surface area contributed by atoms with Crippen molar-refractivity contribution in [2.45, 2.75) is 44.8 Å². The second-order valence-corrected chi connectivity index (χ2v) is 7.35. The molecule has 6 nitrogen and oxygen atoms in total. The zero-order valence-corrected chi connectivity index (χ0v) is 14.5. The molecular weight excluding hydrogens is 328 g/mol. The van der Waals surface area contributed by atoms with Crippen molar-refractivity contribution in [2.24, 2.45) is 5.92 Å². The third-order valence-electron chi connectivity index (χ3n) is 4.43. The van der Waals surface area contributed by atoms with Gasteiger partial charge in [0.15, 0.2) is 6.10 Å². The number of esters is 1. The molecule has 2 amide bonds. The van der Waals surface area contributed by atoms with E-state index in [1.165, 1.54) is 11.3 Å². The van der Waals surface area contributed by atoms with E-state index in [-0.39, 0.29) is 29.7 Å². The Labute approximate surface area is 145 Å². The number of hydrogen-bond acceptors (Lipinski definition) is 5. The summed E-state index contributed by atoms with van der Waals surface area (Å²) in [4.78, 5) is 38.8. The van der Waals surface area contributed by atoms with E-state index in [4.69, 9.17) is 4.74 Å². The summed E-state index contributed by atoms with van der Waals surface area (Å²) >= 11 is 1.43. The highest BCUT2D eigenvalue weighted by atomic mass is 32.1. The number of likely N-dealkylation sites (tertiary alicyclic amines) is 1. The van der Waals surface area contributed by atoms with Crippen LogP contribution in [0.5, 0.6) is 0 Å². The Morgan fingerprint density at radius 1 is 1.25 bits per heavy atom. The van der Waals surface area contributed by atoms with Gasteiger partial charge in [0.1, 0.15) is 0 Å². The largest absolute Gasteiger partial charge is 0.452 e. The highest BCUT2D eigenvalue weighted by Crippen LogP contribution is 2.23. The van der Waals surface area contributed by atoms with E-state index in [9.17, 15) is 14.4 Å². The van der Waals surface area contributed by atoms with Crippen molar-refractivity contribution in [1.82, 2.24) is 10.2 Å². The van der Waals surface area contributed by atoms with Crippen LogP contribution in [0.1, 0.15) is 42.3 Å². The number of nitrogens with zero attached hydrogens (tertiary/aromatic N) is 1. The second-order valence-electron chi connectivity index (χ2n) is 6.41. The van der Waals surface area contributed by atoms with Crippen LogP contribution in [0.3, 0.4) is 0 Å². The van der Waals surface area contributed by atoms with E-state index >= 15 is 0 Å². The minimum atomic E-state index is -0.760. The summed E-state index contributed by atoms with van der Waals surface area (Å²) in [6.07, 6.45) is 2.40. The van der Waals surface area contributed by atoms with Gasteiger partial charge in [0, 0.05) is 19.1 Å². The lowest BCUT2D eigenvalue weighted by Crippen LogP contribution is -2.42. The van der Waals surface area contributed by atoms with Crippen LogP contribution in [0.25, 0.3) is 0 Å². The van der Waals surface area contributed by atoms with Gasteiger partial charge in [-0.25, -0.2) is 0 Å². The van der Waals surface area contributed by atoms with Crippen molar-refractivity contribution in [2.75, 3.05) is 13.1 Å². The smallest absolute Gasteiger partial charge is 0.309 e. The Hall–Kier alpha value is -1.89. The third-order valence-corrected chi connectivity index (χ3v) is 5.29. The van der Waals surface area contributed by atoms with E-state index in [0.29, 0.717) is 25.9 Å². The number of hydrogen-bond donors (Lipinski definition) is 1. The van der Waals surface area contributed by atoms with E-state index in [2.05, 4.69) is 5.32 Å². The molecule has 0 radical (unpaired) electrons. The molecule has 0 aromatic carbocycles. The molecule has 1 aliphatic carbocycles. The van der Waals surface area contributed by atoms with Crippen molar-refractivity contribution < 1.29 is 19.1 Å². The summed E-state index contributed by atoms with van der Waals surface area (Å²) in [5.41, 5.74) is 0. The number of carbonyl (C=O) groups is 3. The highest BCUT2D eigenvalue weighted by molar-refractivity contribution is 7.12. The van der Waals surface area contributed by atoms with Crippen LogP contribution in [0.4, 0.5) is 0 Å². The van der Waals surface area contributed by atoms with Gasteiger partial charge in [-0.3, -0.25) is 14.4 Å². The van der Waals surface area contributed by atoms with Crippen LogP contribution in [0, 0.1) is 5.92 Å². The summed E-state index contributed by atoms with van der Waals surface area (Å²) in [6, 6.07) is 3.93. The summed E-state index contributed by atoms with van der Waals surface area (Å²) in [5, 5.41) is 4.71. The Kier molecular flexibility index (Phi) is 5.18. The molecule has 1 N–H and O–H groups in total. The Morgan fingerprint density at radius 2 is 1.96 bits per heavy atom. The average Bonchev–Trinajstić information content (AvgIpc) is 3.23. The van der Waals surface area contributed by atoms with Crippen LogP contribution >= 0.6 is 11.3 Å². The van der Waals surface area contributed by atoms with E-state index in [0.717, 1.165) is 17.7 Å². The fraction of sp³-hybridized carbons (Fsp3) is 0.588. The average molecular weight is 350 g/mol. The molecule has 1 saturated heterocycles. The monoisotopic (exact) mass is 350 g/mol. The lowest BCUT2D eigenvalue weighted by molar-refractivity contribution is -0.160.